The molecule has 1 aliphatic carbocycles. The molecule has 1 saturated heterocycles. The fourth-order valence-electron chi connectivity index (χ4n) is 3.97. The quantitative estimate of drug-likeness (QED) is 0.547. The molecule has 4 rings (SSSR count). The third kappa shape index (κ3) is 5.77. The lowest BCUT2D eigenvalue weighted by Gasteiger charge is -2.31. The van der Waals surface area contributed by atoms with Gasteiger partial charge < -0.3 is 14.8 Å². The van der Waals surface area contributed by atoms with Crippen molar-refractivity contribution in [2.75, 3.05) is 19.7 Å². The molecule has 0 bridgehead atoms. The summed E-state index contributed by atoms with van der Waals surface area (Å²) >= 11 is 0. The minimum absolute atomic E-state index is 0.147. The molecule has 8 nitrogen and oxygen atoms in total. The van der Waals surface area contributed by atoms with Crippen LogP contribution >= 0.6 is 0 Å². The number of piperidine rings is 1. The van der Waals surface area contributed by atoms with Crippen molar-refractivity contribution in [3.63, 3.8) is 0 Å². The molecule has 1 saturated carbocycles. The minimum Gasteiger partial charge on any atom is -0.494 e. The van der Waals surface area contributed by atoms with E-state index >= 15 is 0 Å². The van der Waals surface area contributed by atoms with Gasteiger partial charge in [0.15, 0.2) is 0 Å². The molecule has 1 N–H and O–H groups in total. The first-order chi connectivity index (χ1) is 16.4. The van der Waals surface area contributed by atoms with Gasteiger partial charge in [0.05, 0.1) is 17.4 Å². The zero-order chi connectivity index (χ0) is 24.1. The number of carbonyl (C=O) groups is 2. The summed E-state index contributed by atoms with van der Waals surface area (Å²) in [4.78, 5) is 25.9. The Labute approximate surface area is 200 Å². The lowest BCUT2D eigenvalue weighted by Crippen LogP contribution is -2.41. The fraction of sp³-hybridized carbons (Fsp3) is 0.440. The van der Waals surface area contributed by atoms with Crippen molar-refractivity contribution < 1.29 is 27.5 Å². The summed E-state index contributed by atoms with van der Waals surface area (Å²) in [6, 6.07) is 15.4. The van der Waals surface area contributed by atoms with Crippen LogP contribution in [0.5, 0.6) is 5.75 Å². The zero-order valence-electron chi connectivity index (χ0n) is 19.2. The number of rotatable bonds is 9. The topological polar surface area (TPSA) is 102 Å². The molecule has 1 unspecified atom stereocenters. The Morgan fingerprint density at radius 1 is 1.00 bits per heavy atom. The maximum Gasteiger partial charge on any atom is 0.310 e. The SMILES string of the molecule is CCOc1ccc(S(=O)(=O)N2CCC(C(=O)OC(C(=O)NC3CC3)c3ccccc3)CC2)cc1. The van der Waals surface area contributed by atoms with Gasteiger partial charge in [0.1, 0.15) is 5.75 Å². The molecule has 2 aromatic carbocycles. The van der Waals surface area contributed by atoms with Gasteiger partial charge in [0, 0.05) is 24.7 Å². The average molecular weight is 487 g/mol. The fourth-order valence-corrected chi connectivity index (χ4v) is 5.44. The number of amides is 1. The van der Waals surface area contributed by atoms with Gasteiger partial charge in [0.25, 0.3) is 5.91 Å². The third-order valence-electron chi connectivity index (χ3n) is 6.06. The van der Waals surface area contributed by atoms with Crippen molar-refractivity contribution in [2.24, 2.45) is 5.92 Å². The maximum atomic E-state index is 13.0. The number of hydrogen-bond donors (Lipinski definition) is 1. The van der Waals surface area contributed by atoms with Gasteiger partial charge in [-0.3, -0.25) is 9.59 Å². The van der Waals surface area contributed by atoms with E-state index in [4.69, 9.17) is 9.47 Å². The molecule has 1 amide bonds. The summed E-state index contributed by atoms with van der Waals surface area (Å²) in [5.74, 6) is -0.649. The number of benzene rings is 2. The minimum atomic E-state index is -3.67. The Balaban J connectivity index is 1.37. The smallest absolute Gasteiger partial charge is 0.310 e. The number of esters is 1. The highest BCUT2D eigenvalue weighted by Gasteiger charge is 2.36. The first-order valence-electron chi connectivity index (χ1n) is 11.7. The van der Waals surface area contributed by atoms with Gasteiger partial charge in [-0.15, -0.1) is 0 Å². The van der Waals surface area contributed by atoms with Crippen LogP contribution in [0.4, 0.5) is 0 Å². The highest BCUT2D eigenvalue weighted by atomic mass is 32.2. The van der Waals surface area contributed by atoms with Crippen molar-refractivity contribution in [3.05, 3.63) is 60.2 Å². The van der Waals surface area contributed by atoms with E-state index < -0.39 is 28.0 Å². The van der Waals surface area contributed by atoms with E-state index in [0.717, 1.165) is 12.8 Å². The lowest BCUT2D eigenvalue weighted by atomic mass is 9.98. The lowest BCUT2D eigenvalue weighted by molar-refractivity contribution is -0.161. The number of ether oxygens (including phenoxy) is 2. The summed E-state index contributed by atoms with van der Waals surface area (Å²) < 4.78 is 38.5. The Kier molecular flexibility index (Phi) is 7.53. The molecule has 1 aliphatic heterocycles. The number of nitrogens with one attached hydrogen (secondary N) is 1. The van der Waals surface area contributed by atoms with Crippen molar-refractivity contribution in [2.45, 2.75) is 49.6 Å². The van der Waals surface area contributed by atoms with Crippen molar-refractivity contribution in [1.29, 1.82) is 0 Å². The van der Waals surface area contributed by atoms with E-state index in [0.29, 0.717) is 30.8 Å². The van der Waals surface area contributed by atoms with Crippen LogP contribution in [0, 0.1) is 5.92 Å². The van der Waals surface area contributed by atoms with Gasteiger partial charge in [-0.1, -0.05) is 30.3 Å². The van der Waals surface area contributed by atoms with Crippen LogP contribution in [-0.2, 0) is 24.3 Å². The molecule has 2 aliphatic rings. The number of sulfonamides is 1. The van der Waals surface area contributed by atoms with E-state index in [-0.39, 0.29) is 29.9 Å². The summed E-state index contributed by atoms with van der Waals surface area (Å²) in [5, 5.41) is 2.91. The third-order valence-corrected chi connectivity index (χ3v) is 7.97. The van der Waals surface area contributed by atoms with Gasteiger partial charge in [-0.25, -0.2) is 8.42 Å². The van der Waals surface area contributed by atoms with Gasteiger partial charge >= 0.3 is 5.97 Å². The van der Waals surface area contributed by atoms with E-state index in [2.05, 4.69) is 5.32 Å². The van der Waals surface area contributed by atoms with Crippen LogP contribution in [0.25, 0.3) is 0 Å². The Morgan fingerprint density at radius 3 is 2.24 bits per heavy atom. The molecule has 2 fully saturated rings. The largest absolute Gasteiger partial charge is 0.494 e. The molecule has 182 valence electrons. The maximum absolute atomic E-state index is 13.0. The predicted octanol–water partition coefficient (Wildman–Crippen LogP) is 3.05. The standard InChI is InChI=1S/C25H30N2O6S/c1-2-32-21-10-12-22(13-11-21)34(30,31)27-16-14-19(15-17-27)25(29)33-23(18-6-4-3-5-7-18)24(28)26-20-8-9-20/h3-7,10-13,19-20,23H,2,8-9,14-17H2,1H3,(H,26,28). The van der Waals surface area contributed by atoms with Crippen LogP contribution in [0.15, 0.2) is 59.5 Å². The van der Waals surface area contributed by atoms with Gasteiger partial charge in [0.2, 0.25) is 16.1 Å². The molecular weight excluding hydrogens is 456 g/mol. The van der Waals surface area contributed by atoms with Crippen molar-refractivity contribution in [1.82, 2.24) is 9.62 Å². The normalized spacial score (nSPS) is 18.1. The van der Waals surface area contributed by atoms with Crippen molar-refractivity contribution >= 4 is 21.9 Å². The molecule has 0 radical (unpaired) electrons. The van der Waals surface area contributed by atoms with E-state index in [1.54, 1.807) is 36.4 Å². The highest BCUT2D eigenvalue weighted by molar-refractivity contribution is 7.89. The number of nitrogens with zero attached hydrogens (tertiary/aromatic N) is 1. The first-order valence-corrected chi connectivity index (χ1v) is 13.1. The highest BCUT2D eigenvalue weighted by Crippen LogP contribution is 2.29. The molecular formula is C25H30N2O6S. The molecule has 0 spiro atoms. The van der Waals surface area contributed by atoms with E-state index in [9.17, 15) is 18.0 Å². The second-order valence-corrected chi connectivity index (χ2v) is 10.5. The van der Waals surface area contributed by atoms with E-state index in [1.807, 2.05) is 13.0 Å². The summed E-state index contributed by atoms with van der Waals surface area (Å²) in [5.41, 5.74) is 0.615. The molecule has 1 atom stereocenters. The molecule has 1 heterocycles. The Morgan fingerprint density at radius 2 is 1.65 bits per heavy atom. The van der Waals surface area contributed by atoms with Crippen LogP contribution in [0.1, 0.15) is 44.3 Å². The van der Waals surface area contributed by atoms with Crippen LogP contribution < -0.4 is 10.1 Å². The Hall–Kier alpha value is -2.91. The zero-order valence-corrected chi connectivity index (χ0v) is 20.0. The van der Waals surface area contributed by atoms with Crippen LogP contribution in [0.3, 0.4) is 0 Å². The van der Waals surface area contributed by atoms with Crippen molar-refractivity contribution in [3.8, 4) is 5.75 Å². The number of carbonyl (C=O) groups excluding carboxylic acids is 2. The summed E-state index contributed by atoms with van der Waals surface area (Å²) in [7, 11) is -3.67. The Bertz CT molecular complexity index is 1090. The van der Waals surface area contributed by atoms with Crippen LogP contribution in [-0.4, -0.2) is 50.3 Å². The second-order valence-electron chi connectivity index (χ2n) is 8.59. The predicted molar refractivity (Wildman–Crippen MR) is 126 cm³/mol. The summed E-state index contributed by atoms with van der Waals surface area (Å²) in [6.07, 6.45) is 1.52. The van der Waals surface area contributed by atoms with E-state index in [1.165, 1.54) is 16.4 Å². The van der Waals surface area contributed by atoms with Gasteiger partial charge in [-0.05, 0) is 56.9 Å². The molecule has 0 aromatic heterocycles. The first kappa shape index (κ1) is 24.2. The molecule has 9 heteroatoms. The summed E-state index contributed by atoms with van der Waals surface area (Å²) in [6.45, 7) is 2.78. The second kappa shape index (κ2) is 10.6. The monoisotopic (exact) mass is 486 g/mol. The van der Waals surface area contributed by atoms with Gasteiger partial charge in [-0.2, -0.15) is 4.31 Å². The molecule has 2 aromatic rings. The molecule has 34 heavy (non-hydrogen) atoms. The van der Waals surface area contributed by atoms with Crippen LogP contribution in [0.2, 0.25) is 0 Å². The number of hydrogen-bond acceptors (Lipinski definition) is 6. The average Bonchev–Trinajstić information content (AvgIpc) is 3.67.